The Labute approximate surface area is 215 Å². The molecule has 2 aromatic carbocycles. The van der Waals surface area contributed by atoms with Crippen LogP contribution in [0.25, 0.3) is 11.1 Å². The molecule has 2 aliphatic carbocycles. The molecule has 0 atom stereocenters. The molecule has 1 amide bonds. The third kappa shape index (κ3) is 4.16. The van der Waals surface area contributed by atoms with E-state index in [1.165, 1.54) is 46.4 Å². The van der Waals surface area contributed by atoms with E-state index in [4.69, 9.17) is 5.10 Å². The number of carbonyl (C=O) groups is 1. The van der Waals surface area contributed by atoms with E-state index in [0.717, 1.165) is 49.6 Å². The first-order valence-electron chi connectivity index (χ1n) is 12.9. The summed E-state index contributed by atoms with van der Waals surface area (Å²) in [5.41, 5.74) is 9.87. The van der Waals surface area contributed by atoms with E-state index < -0.39 is 0 Å². The number of carbonyl (C=O) groups excluding carboxylic acids is 1. The first kappa shape index (κ1) is 21.9. The predicted molar refractivity (Wildman–Crippen MR) is 141 cm³/mol. The lowest BCUT2D eigenvalue weighted by Crippen LogP contribution is -2.32. The second kappa shape index (κ2) is 8.98. The Morgan fingerprint density at radius 3 is 2.86 bits per heavy atom. The summed E-state index contributed by atoms with van der Waals surface area (Å²) in [6.07, 6.45) is 6.27. The second-order valence-electron chi connectivity index (χ2n) is 10.3. The fourth-order valence-corrected chi connectivity index (χ4v) is 6.25. The Balaban J connectivity index is 1.11. The third-order valence-electron chi connectivity index (χ3n) is 7.70. The van der Waals surface area contributed by atoms with Crippen LogP contribution in [0.5, 0.6) is 0 Å². The van der Waals surface area contributed by atoms with Crippen molar-refractivity contribution in [3.05, 3.63) is 92.7 Å². The number of hydrogen-bond donors (Lipinski definition) is 1. The highest BCUT2D eigenvalue weighted by atomic mass is 32.1. The van der Waals surface area contributed by atoms with Gasteiger partial charge >= 0.3 is 0 Å². The summed E-state index contributed by atoms with van der Waals surface area (Å²) in [5, 5.41) is 10.7. The zero-order valence-electron chi connectivity index (χ0n) is 20.2. The number of benzene rings is 2. The maximum atomic E-state index is 13.2. The van der Waals surface area contributed by atoms with Crippen molar-refractivity contribution in [1.29, 1.82) is 0 Å². The summed E-state index contributed by atoms with van der Waals surface area (Å²) >= 11 is 1.56. The lowest BCUT2D eigenvalue weighted by molar-refractivity contribution is 0.0942. The van der Waals surface area contributed by atoms with Crippen LogP contribution in [-0.2, 0) is 39.0 Å². The Hall–Kier alpha value is -3.29. The molecule has 1 saturated carbocycles. The summed E-state index contributed by atoms with van der Waals surface area (Å²) in [4.78, 5) is 20.0. The SMILES string of the molecule is O=C(NCc1nccs1)c1nn(CC2CC2)c2c1CN(Cc1ccc3c(c1)Cc1ccccc1-3)CC2. The monoisotopic (exact) mass is 495 g/mol. The topological polar surface area (TPSA) is 63.1 Å². The number of hydrogen-bond acceptors (Lipinski definition) is 5. The fraction of sp³-hybridized carbons (Fsp3) is 0.345. The highest BCUT2D eigenvalue weighted by Gasteiger charge is 2.31. The van der Waals surface area contributed by atoms with E-state index in [1.807, 2.05) is 5.38 Å². The van der Waals surface area contributed by atoms with Gasteiger partial charge in [0.15, 0.2) is 5.69 Å². The Bertz CT molecular complexity index is 1440. The van der Waals surface area contributed by atoms with Gasteiger partial charge in [0.1, 0.15) is 5.01 Å². The van der Waals surface area contributed by atoms with Crippen molar-refractivity contribution in [3.63, 3.8) is 0 Å². The molecule has 0 saturated heterocycles. The van der Waals surface area contributed by atoms with E-state index in [-0.39, 0.29) is 5.91 Å². The van der Waals surface area contributed by atoms with Gasteiger partial charge in [0.2, 0.25) is 0 Å². The van der Waals surface area contributed by atoms with Gasteiger partial charge in [-0.2, -0.15) is 5.10 Å². The molecule has 1 fully saturated rings. The molecular formula is C29H29N5OS. The molecule has 3 aliphatic rings. The minimum atomic E-state index is -0.0897. The van der Waals surface area contributed by atoms with Gasteiger partial charge in [0.25, 0.3) is 5.91 Å². The van der Waals surface area contributed by atoms with Crippen LogP contribution >= 0.6 is 11.3 Å². The number of fused-ring (bicyclic) bond motifs is 4. The molecule has 1 aliphatic heterocycles. The molecule has 0 radical (unpaired) electrons. The molecule has 7 heteroatoms. The van der Waals surface area contributed by atoms with Crippen LogP contribution in [0, 0.1) is 5.92 Å². The molecule has 4 aromatic rings. The first-order valence-corrected chi connectivity index (χ1v) is 13.8. The molecule has 36 heavy (non-hydrogen) atoms. The normalized spacial score (nSPS) is 16.4. The van der Waals surface area contributed by atoms with Crippen LogP contribution in [0.4, 0.5) is 0 Å². The smallest absolute Gasteiger partial charge is 0.272 e. The van der Waals surface area contributed by atoms with Gasteiger partial charge in [-0.3, -0.25) is 14.4 Å². The summed E-state index contributed by atoms with van der Waals surface area (Å²) in [5.74, 6) is 0.627. The van der Waals surface area contributed by atoms with Crippen molar-refractivity contribution in [2.75, 3.05) is 6.54 Å². The highest BCUT2D eigenvalue weighted by molar-refractivity contribution is 7.09. The summed E-state index contributed by atoms with van der Waals surface area (Å²) in [7, 11) is 0. The molecule has 2 aromatic heterocycles. The van der Waals surface area contributed by atoms with Crippen LogP contribution in [0.3, 0.4) is 0 Å². The van der Waals surface area contributed by atoms with Gasteiger partial charge < -0.3 is 5.32 Å². The second-order valence-corrected chi connectivity index (χ2v) is 11.3. The average Bonchev–Trinajstić information content (AvgIpc) is 3.27. The predicted octanol–water partition coefficient (Wildman–Crippen LogP) is 4.81. The van der Waals surface area contributed by atoms with Crippen molar-refractivity contribution < 1.29 is 4.79 Å². The Kier molecular flexibility index (Phi) is 5.47. The summed E-state index contributed by atoms with van der Waals surface area (Å²) in [6, 6.07) is 15.7. The number of aromatic nitrogens is 3. The van der Waals surface area contributed by atoms with Crippen molar-refractivity contribution in [2.24, 2.45) is 5.92 Å². The molecular weight excluding hydrogens is 466 g/mol. The maximum Gasteiger partial charge on any atom is 0.272 e. The van der Waals surface area contributed by atoms with E-state index in [1.54, 1.807) is 17.5 Å². The highest BCUT2D eigenvalue weighted by Crippen LogP contribution is 2.37. The van der Waals surface area contributed by atoms with Crippen molar-refractivity contribution >= 4 is 17.2 Å². The zero-order chi connectivity index (χ0) is 24.1. The van der Waals surface area contributed by atoms with E-state index in [9.17, 15) is 4.79 Å². The largest absolute Gasteiger partial charge is 0.344 e. The molecule has 6 nitrogen and oxygen atoms in total. The van der Waals surface area contributed by atoms with Gasteiger partial charge in [0.05, 0.1) is 6.54 Å². The number of rotatable bonds is 7. The maximum absolute atomic E-state index is 13.2. The molecule has 182 valence electrons. The van der Waals surface area contributed by atoms with Gasteiger partial charge in [-0.25, -0.2) is 4.98 Å². The molecule has 0 spiro atoms. The van der Waals surface area contributed by atoms with Crippen LogP contribution in [0.1, 0.15) is 56.3 Å². The Morgan fingerprint density at radius 2 is 2.00 bits per heavy atom. The number of nitrogens with zero attached hydrogens (tertiary/aromatic N) is 4. The number of amides is 1. The minimum absolute atomic E-state index is 0.0897. The van der Waals surface area contributed by atoms with Crippen molar-refractivity contribution in [3.8, 4) is 11.1 Å². The van der Waals surface area contributed by atoms with Gasteiger partial charge in [0, 0.05) is 55.4 Å². The molecule has 1 N–H and O–H groups in total. The van der Waals surface area contributed by atoms with Crippen LogP contribution < -0.4 is 5.32 Å². The third-order valence-corrected chi connectivity index (χ3v) is 8.48. The standard InChI is InChI=1S/C29H29N5OS/c35-29(31-15-27-30-10-12-36-27)28-25-18-33(11-9-26(25)34(32-28)17-19-5-6-19)16-20-7-8-24-22(13-20)14-21-3-1-2-4-23(21)24/h1-4,7-8,10,12-13,19H,5-6,9,11,14-18H2,(H,31,35). The molecule has 3 heterocycles. The van der Waals surface area contributed by atoms with Crippen LogP contribution in [-0.4, -0.2) is 32.1 Å². The van der Waals surface area contributed by atoms with Crippen LogP contribution in [0.15, 0.2) is 54.0 Å². The Morgan fingerprint density at radius 1 is 1.11 bits per heavy atom. The summed E-state index contributed by atoms with van der Waals surface area (Å²) < 4.78 is 2.13. The van der Waals surface area contributed by atoms with Gasteiger partial charge in [-0.1, -0.05) is 42.5 Å². The molecule has 0 bridgehead atoms. The zero-order valence-corrected chi connectivity index (χ0v) is 21.1. The lowest BCUT2D eigenvalue weighted by Gasteiger charge is -2.28. The molecule has 7 rings (SSSR count). The fourth-order valence-electron chi connectivity index (χ4n) is 5.69. The average molecular weight is 496 g/mol. The van der Waals surface area contributed by atoms with E-state index in [2.05, 4.69) is 62.3 Å². The first-order chi connectivity index (χ1) is 17.7. The summed E-state index contributed by atoms with van der Waals surface area (Å²) in [6.45, 7) is 4.02. The van der Waals surface area contributed by atoms with Crippen LogP contribution in [0.2, 0.25) is 0 Å². The number of thiazole rings is 1. The van der Waals surface area contributed by atoms with Crippen molar-refractivity contribution in [1.82, 2.24) is 25.0 Å². The van der Waals surface area contributed by atoms with Crippen molar-refractivity contribution in [2.45, 2.75) is 51.9 Å². The minimum Gasteiger partial charge on any atom is -0.344 e. The quantitative estimate of drug-likeness (QED) is 0.352. The van der Waals surface area contributed by atoms with Gasteiger partial charge in [-0.05, 0) is 53.0 Å². The van der Waals surface area contributed by atoms with E-state index in [0.29, 0.717) is 18.2 Å². The van der Waals surface area contributed by atoms with Gasteiger partial charge in [-0.15, -0.1) is 11.3 Å². The lowest BCUT2D eigenvalue weighted by atomic mass is 10.0. The molecule has 0 unspecified atom stereocenters. The van der Waals surface area contributed by atoms with E-state index >= 15 is 0 Å². The number of nitrogens with one attached hydrogen (secondary N) is 1.